The van der Waals surface area contributed by atoms with Crippen LogP contribution in [0.3, 0.4) is 0 Å². The van der Waals surface area contributed by atoms with Crippen LogP contribution in [0.1, 0.15) is 25.3 Å². The number of furan rings is 1. The van der Waals surface area contributed by atoms with Gasteiger partial charge in [-0.25, -0.2) is 0 Å². The van der Waals surface area contributed by atoms with Crippen LogP contribution >= 0.6 is 0 Å². The maximum Gasteiger partial charge on any atom is 0.333 e. The van der Waals surface area contributed by atoms with E-state index >= 15 is 0 Å². The average molecular weight is 719 g/mol. The Bertz CT molecular complexity index is 2920. The van der Waals surface area contributed by atoms with Gasteiger partial charge in [0.15, 0.2) is 0 Å². The highest BCUT2D eigenvalue weighted by atomic mass is 16.3. The summed E-state index contributed by atoms with van der Waals surface area (Å²) in [6.07, 6.45) is 3.37. The van der Waals surface area contributed by atoms with E-state index in [4.69, 9.17) is 4.42 Å². The molecule has 2 aliphatic rings. The maximum atomic E-state index is 6.70. The third-order valence-electron chi connectivity index (χ3n) is 11.8. The quantitative estimate of drug-likeness (QED) is 0.153. The SMILES string of the molecule is CCCCc1ccc(N2c3cc4oc5ccccc5c4cc3B3c4c(cc(-c5ccccc5)cc42)-c2ccccc2N3c2ccccc2)c(-c2ccccc2)c1. The van der Waals surface area contributed by atoms with Crippen molar-refractivity contribution in [2.45, 2.75) is 26.2 Å². The fraction of sp³-hybridized carbons (Fsp3) is 0.0769. The Labute approximate surface area is 328 Å². The van der Waals surface area contributed by atoms with E-state index in [2.05, 4.69) is 199 Å². The van der Waals surface area contributed by atoms with Gasteiger partial charge in [-0.15, -0.1) is 0 Å². The van der Waals surface area contributed by atoms with Gasteiger partial charge in [0.1, 0.15) is 11.2 Å². The van der Waals surface area contributed by atoms with Crippen molar-refractivity contribution in [1.82, 2.24) is 0 Å². The molecule has 8 aromatic carbocycles. The number of hydrogen-bond donors (Lipinski definition) is 0. The van der Waals surface area contributed by atoms with Crippen molar-refractivity contribution >= 4 is 68.1 Å². The largest absolute Gasteiger partial charge is 0.456 e. The van der Waals surface area contributed by atoms with Gasteiger partial charge >= 0.3 is 6.85 Å². The van der Waals surface area contributed by atoms with Gasteiger partial charge in [-0.3, -0.25) is 0 Å². The predicted octanol–water partition coefficient (Wildman–Crippen LogP) is 13.0. The van der Waals surface area contributed by atoms with E-state index in [0.29, 0.717) is 0 Å². The van der Waals surface area contributed by atoms with Crippen LogP contribution in [0.15, 0.2) is 186 Å². The molecule has 0 saturated carbocycles. The van der Waals surface area contributed by atoms with Crippen LogP contribution in [0.2, 0.25) is 0 Å². The lowest BCUT2D eigenvalue weighted by molar-refractivity contribution is 0.669. The molecule has 11 rings (SSSR count). The number of benzene rings is 8. The van der Waals surface area contributed by atoms with Crippen molar-refractivity contribution in [3.8, 4) is 33.4 Å². The molecule has 0 saturated heterocycles. The number of nitrogens with zero attached hydrogens (tertiary/aromatic N) is 2. The van der Waals surface area contributed by atoms with Crippen molar-refractivity contribution < 1.29 is 4.42 Å². The molecular weight excluding hydrogens is 679 g/mol. The zero-order chi connectivity index (χ0) is 37.2. The van der Waals surface area contributed by atoms with E-state index in [-0.39, 0.29) is 6.85 Å². The topological polar surface area (TPSA) is 19.6 Å². The lowest BCUT2D eigenvalue weighted by Gasteiger charge is -2.46. The number of anilines is 5. The average Bonchev–Trinajstić information content (AvgIpc) is 3.63. The van der Waals surface area contributed by atoms with Gasteiger partial charge in [0.2, 0.25) is 0 Å². The second-order valence-corrected chi connectivity index (χ2v) is 15.1. The number of hydrogen-bond acceptors (Lipinski definition) is 3. The van der Waals surface area contributed by atoms with Gasteiger partial charge in [-0.1, -0.05) is 141 Å². The second-order valence-electron chi connectivity index (χ2n) is 15.1. The molecule has 0 N–H and O–H groups in total. The van der Waals surface area contributed by atoms with Gasteiger partial charge in [0.05, 0.1) is 5.69 Å². The molecule has 0 radical (unpaired) electrons. The Morgan fingerprint density at radius 3 is 2.00 bits per heavy atom. The zero-order valence-electron chi connectivity index (χ0n) is 31.3. The minimum atomic E-state index is -0.101. The lowest BCUT2D eigenvalue weighted by atomic mass is 9.43. The van der Waals surface area contributed by atoms with Gasteiger partial charge in [0.25, 0.3) is 0 Å². The number of fused-ring (bicyclic) bond motifs is 7. The first-order chi connectivity index (χ1) is 27.7. The molecule has 3 heterocycles. The molecule has 4 heteroatoms. The van der Waals surface area contributed by atoms with Crippen molar-refractivity contribution in [2.24, 2.45) is 0 Å². The van der Waals surface area contributed by atoms with E-state index in [0.717, 1.165) is 58.3 Å². The second kappa shape index (κ2) is 13.2. The molecule has 0 atom stereocenters. The molecular formula is C52H39BN2O. The summed E-state index contributed by atoms with van der Waals surface area (Å²) in [6.45, 7) is 2.17. The van der Waals surface area contributed by atoms with E-state index in [1.807, 2.05) is 0 Å². The lowest BCUT2D eigenvalue weighted by Crippen LogP contribution is -2.61. The number of rotatable bonds is 7. The van der Waals surface area contributed by atoms with E-state index in [1.54, 1.807) is 0 Å². The van der Waals surface area contributed by atoms with Crippen molar-refractivity contribution in [2.75, 3.05) is 9.71 Å². The summed E-state index contributed by atoms with van der Waals surface area (Å²) in [6, 6.07) is 66.8. The zero-order valence-corrected chi connectivity index (χ0v) is 31.3. The minimum Gasteiger partial charge on any atom is -0.456 e. The van der Waals surface area contributed by atoms with E-state index < -0.39 is 0 Å². The van der Waals surface area contributed by atoms with Gasteiger partial charge in [-0.2, -0.15) is 0 Å². The first-order valence-electron chi connectivity index (χ1n) is 19.9. The van der Waals surface area contributed by atoms with Crippen LogP contribution in [0.25, 0.3) is 55.3 Å². The molecule has 0 spiro atoms. The minimum absolute atomic E-state index is 0.101. The number of unbranched alkanes of at least 4 members (excludes halogenated alkanes) is 1. The van der Waals surface area contributed by atoms with Crippen molar-refractivity contribution in [3.63, 3.8) is 0 Å². The molecule has 3 nitrogen and oxygen atoms in total. The Balaban J connectivity index is 1.29. The summed E-state index contributed by atoms with van der Waals surface area (Å²) in [4.78, 5) is 5.12. The van der Waals surface area contributed by atoms with Crippen LogP contribution in [-0.4, -0.2) is 6.85 Å². The van der Waals surface area contributed by atoms with Crippen LogP contribution in [0.5, 0.6) is 0 Å². The molecule has 0 bridgehead atoms. The third-order valence-corrected chi connectivity index (χ3v) is 11.8. The summed E-state index contributed by atoms with van der Waals surface area (Å²) in [7, 11) is 0. The van der Waals surface area contributed by atoms with E-state index in [1.165, 1.54) is 61.2 Å². The fourth-order valence-corrected chi connectivity index (χ4v) is 9.22. The monoisotopic (exact) mass is 718 g/mol. The van der Waals surface area contributed by atoms with Crippen LogP contribution in [-0.2, 0) is 6.42 Å². The summed E-state index contributed by atoms with van der Waals surface area (Å²) < 4.78 is 6.70. The maximum absolute atomic E-state index is 6.70. The highest BCUT2D eigenvalue weighted by molar-refractivity contribution is 6.93. The Hall–Kier alpha value is -6.78. The predicted molar refractivity (Wildman–Crippen MR) is 237 cm³/mol. The number of aryl methyl sites for hydroxylation is 1. The first-order valence-corrected chi connectivity index (χ1v) is 19.9. The van der Waals surface area contributed by atoms with Gasteiger partial charge < -0.3 is 14.1 Å². The van der Waals surface area contributed by atoms with Gasteiger partial charge in [-0.05, 0) is 100 Å². The standard InChI is InChI=1S/C52H39BN2O/c1-2-3-17-35-28-29-46(42(30-35)37-20-9-5-10-21-37)54-48-34-51-43(41-25-14-16-27-50(41)56-51)33-45(48)53-52-44(31-38(32-49(52)54)36-18-7-4-8-19-36)40-24-13-15-26-47(40)55(53)39-22-11-6-12-23-39/h4-16,18-34H,2-3,17H2,1H3. The molecule has 56 heavy (non-hydrogen) atoms. The molecule has 1 aromatic heterocycles. The Morgan fingerprint density at radius 1 is 0.482 bits per heavy atom. The highest BCUT2D eigenvalue weighted by Crippen LogP contribution is 2.50. The normalized spacial score (nSPS) is 12.8. The Kier molecular flexibility index (Phi) is 7.70. The number of para-hydroxylation sites is 3. The molecule has 2 aliphatic heterocycles. The molecule has 9 aromatic rings. The van der Waals surface area contributed by atoms with Crippen LogP contribution in [0.4, 0.5) is 28.4 Å². The van der Waals surface area contributed by atoms with Crippen LogP contribution in [0, 0.1) is 0 Å². The highest BCUT2D eigenvalue weighted by Gasteiger charge is 2.46. The molecule has 0 aliphatic carbocycles. The van der Waals surface area contributed by atoms with Crippen LogP contribution < -0.4 is 20.6 Å². The van der Waals surface area contributed by atoms with Gasteiger partial charge in [0, 0.05) is 50.7 Å². The molecule has 0 amide bonds. The summed E-state index contributed by atoms with van der Waals surface area (Å²) in [5, 5.41) is 2.27. The Morgan fingerprint density at radius 2 is 1.20 bits per heavy atom. The van der Waals surface area contributed by atoms with Crippen molar-refractivity contribution in [3.05, 3.63) is 188 Å². The fourth-order valence-electron chi connectivity index (χ4n) is 9.22. The summed E-state index contributed by atoms with van der Waals surface area (Å²) in [5.41, 5.74) is 18.9. The molecule has 266 valence electrons. The van der Waals surface area contributed by atoms with E-state index in [9.17, 15) is 0 Å². The smallest absolute Gasteiger partial charge is 0.333 e. The molecule has 0 unspecified atom stereocenters. The molecule has 0 fully saturated rings. The van der Waals surface area contributed by atoms with Crippen molar-refractivity contribution in [1.29, 1.82) is 0 Å². The summed E-state index contributed by atoms with van der Waals surface area (Å²) in [5.74, 6) is 0. The third kappa shape index (κ3) is 5.13. The summed E-state index contributed by atoms with van der Waals surface area (Å²) >= 11 is 0. The first kappa shape index (κ1) is 32.6.